The predicted molar refractivity (Wildman–Crippen MR) is 90.5 cm³/mol. The molecule has 0 radical (unpaired) electrons. The Morgan fingerprint density at radius 2 is 1.62 bits per heavy atom. The van der Waals surface area contributed by atoms with Gasteiger partial charge in [0.2, 0.25) is 0 Å². The first kappa shape index (κ1) is 14.2. The highest BCUT2D eigenvalue weighted by molar-refractivity contribution is 6.05. The molecule has 1 aromatic heterocycles. The molecule has 24 heavy (non-hydrogen) atoms. The van der Waals surface area contributed by atoms with Crippen molar-refractivity contribution in [1.29, 1.82) is 0 Å². The second kappa shape index (κ2) is 5.66. The maximum Gasteiger partial charge on any atom is 0.343 e. The van der Waals surface area contributed by atoms with Crippen molar-refractivity contribution in [3.05, 3.63) is 77.9 Å². The summed E-state index contributed by atoms with van der Waals surface area (Å²) >= 11 is 0. The summed E-state index contributed by atoms with van der Waals surface area (Å²) in [5.74, 6) is -0.0295. The Labute approximate surface area is 137 Å². The molecule has 0 saturated heterocycles. The Balaban J connectivity index is 1.67. The first-order valence-corrected chi connectivity index (χ1v) is 7.43. The molecular formula is C20H12O4. The van der Waals surface area contributed by atoms with Crippen molar-refractivity contribution in [1.82, 2.24) is 0 Å². The molecule has 0 fully saturated rings. The zero-order valence-corrected chi connectivity index (χ0v) is 12.6. The van der Waals surface area contributed by atoms with E-state index in [4.69, 9.17) is 9.15 Å². The fourth-order valence-electron chi connectivity index (χ4n) is 2.63. The Hall–Kier alpha value is -3.40. The van der Waals surface area contributed by atoms with Crippen molar-refractivity contribution in [2.75, 3.05) is 0 Å². The molecule has 4 rings (SSSR count). The Morgan fingerprint density at radius 1 is 0.875 bits per heavy atom. The second-order valence-electron chi connectivity index (χ2n) is 5.39. The van der Waals surface area contributed by atoms with E-state index in [0.29, 0.717) is 16.9 Å². The number of carbonyl (C=O) groups excluding carboxylic acids is 2. The highest BCUT2D eigenvalue weighted by atomic mass is 16.5. The van der Waals surface area contributed by atoms with Crippen molar-refractivity contribution in [3.63, 3.8) is 0 Å². The van der Waals surface area contributed by atoms with Crippen molar-refractivity contribution in [3.8, 4) is 5.75 Å². The largest absolute Gasteiger partial charge is 0.456 e. The number of benzene rings is 3. The van der Waals surface area contributed by atoms with Crippen LogP contribution in [0.2, 0.25) is 0 Å². The van der Waals surface area contributed by atoms with E-state index in [1.165, 1.54) is 0 Å². The van der Waals surface area contributed by atoms with Gasteiger partial charge in [-0.1, -0.05) is 30.3 Å². The molecule has 0 aliphatic carbocycles. The van der Waals surface area contributed by atoms with Crippen LogP contribution in [0.25, 0.3) is 21.9 Å². The van der Waals surface area contributed by atoms with Gasteiger partial charge in [-0.3, -0.25) is 4.79 Å². The third-order valence-electron chi connectivity index (χ3n) is 3.84. The summed E-state index contributed by atoms with van der Waals surface area (Å²) in [5.41, 5.74) is 2.43. The lowest BCUT2D eigenvalue weighted by atomic mass is 10.1. The van der Waals surface area contributed by atoms with Crippen LogP contribution in [0.3, 0.4) is 0 Å². The van der Waals surface area contributed by atoms with Gasteiger partial charge in [-0.2, -0.15) is 0 Å². The van der Waals surface area contributed by atoms with Crippen LogP contribution in [0.4, 0.5) is 0 Å². The van der Waals surface area contributed by atoms with Gasteiger partial charge in [-0.15, -0.1) is 0 Å². The Bertz CT molecular complexity index is 1060. The lowest BCUT2D eigenvalue weighted by Gasteiger charge is -2.04. The fourth-order valence-corrected chi connectivity index (χ4v) is 2.63. The normalized spacial score (nSPS) is 10.8. The number of carbonyl (C=O) groups is 2. The highest BCUT2D eigenvalue weighted by Crippen LogP contribution is 2.31. The summed E-state index contributed by atoms with van der Waals surface area (Å²) in [7, 11) is 0. The number of fused-ring (bicyclic) bond motifs is 3. The number of rotatable bonds is 3. The van der Waals surface area contributed by atoms with E-state index in [2.05, 4.69) is 0 Å². The molecule has 1 heterocycles. The number of ether oxygens (including phenoxy) is 1. The molecular weight excluding hydrogens is 304 g/mol. The maximum atomic E-state index is 12.2. The van der Waals surface area contributed by atoms with Crippen LogP contribution in [0.15, 0.2) is 71.1 Å². The van der Waals surface area contributed by atoms with Gasteiger partial charge < -0.3 is 9.15 Å². The lowest BCUT2D eigenvalue weighted by molar-refractivity contribution is 0.0734. The van der Waals surface area contributed by atoms with E-state index in [0.717, 1.165) is 28.2 Å². The minimum absolute atomic E-state index is 0.387. The third kappa shape index (κ3) is 2.44. The first-order valence-electron chi connectivity index (χ1n) is 7.43. The minimum Gasteiger partial charge on any atom is -0.456 e. The van der Waals surface area contributed by atoms with E-state index in [-0.39, 0.29) is 0 Å². The summed E-state index contributed by atoms with van der Waals surface area (Å²) in [5, 5.41) is 1.87. The number of hydrogen-bond acceptors (Lipinski definition) is 4. The third-order valence-corrected chi connectivity index (χ3v) is 3.84. The topological polar surface area (TPSA) is 56.5 Å². The van der Waals surface area contributed by atoms with Crippen LogP contribution in [0.1, 0.15) is 20.7 Å². The van der Waals surface area contributed by atoms with Gasteiger partial charge in [0.25, 0.3) is 0 Å². The van der Waals surface area contributed by atoms with Gasteiger partial charge >= 0.3 is 5.97 Å². The summed E-state index contributed by atoms with van der Waals surface area (Å²) in [6.45, 7) is 0. The van der Waals surface area contributed by atoms with E-state index in [1.54, 1.807) is 42.5 Å². The molecule has 0 unspecified atom stereocenters. The molecule has 116 valence electrons. The van der Waals surface area contributed by atoms with Gasteiger partial charge in [0, 0.05) is 16.3 Å². The summed E-state index contributed by atoms with van der Waals surface area (Å²) in [6.07, 6.45) is 0.729. The highest BCUT2D eigenvalue weighted by Gasteiger charge is 2.11. The van der Waals surface area contributed by atoms with Crippen molar-refractivity contribution >= 4 is 34.2 Å². The number of esters is 1. The molecule has 0 aliphatic rings. The van der Waals surface area contributed by atoms with Crippen LogP contribution in [0, 0.1) is 0 Å². The minimum atomic E-state index is -0.473. The van der Waals surface area contributed by atoms with E-state index in [9.17, 15) is 9.59 Å². The molecule has 0 spiro atoms. The SMILES string of the molecule is O=Cc1ccc(C(=O)Oc2ccc3oc4ccccc4c3c2)cc1. The smallest absolute Gasteiger partial charge is 0.343 e. The van der Waals surface area contributed by atoms with E-state index < -0.39 is 5.97 Å². The molecule has 0 saturated carbocycles. The van der Waals surface area contributed by atoms with Gasteiger partial charge in [-0.05, 0) is 36.4 Å². The van der Waals surface area contributed by atoms with Gasteiger partial charge in [-0.25, -0.2) is 4.79 Å². The molecule has 4 nitrogen and oxygen atoms in total. The Kier molecular flexibility index (Phi) is 3.35. The summed E-state index contributed by atoms with van der Waals surface area (Å²) in [6, 6.07) is 19.3. The number of hydrogen-bond donors (Lipinski definition) is 0. The summed E-state index contributed by atoms with van der Waals surface area (Å²) in [4.78, 5) is 22.9. The molecule has 4 aromatic rings. The molecule has 0 aliphatic heterocycles. The molecule has 3 aromatic carbocycles. The number of furan rings is 1. The van der Waals surface area contributed by atoms with E-state index in [1.807, 2.05) is 24.3 Å². The summed E-state index contributed by atoms with van der Waals surface area (Å²) < 4.78 is 11.2. The van der Waals surface area contributed by atoms with Crippen LogP contribution < -0.4 is 4.74 Å². The van der Waals surface area contributed by atoms with Crippen molar-refractivity contribution < 1.29 is 18.7 Å². The van der Waals surface area contributed by atoms with Crippen LogP contribution >= 0.6 is 0 Å². The van der Waals surface area contributed by atoms with Crippen LogP contribution in [0.5, 0.6) is 5.75 Å². The predicted octanol–water partition coefficient (Wildman–Crippen LogP) is 4.62. The molecule has 0 atom stereocenters. The quantitative estimate of drug-likeness (QED) is 0.314. The van der Waals surface area contributed by atoms with Crippen LogP contribution in [-0.4, -0.2) is 12.3 Å². The monoisotopic (exact) mass is 316 g/mol. The standard InChI is InChI=1S/C20H12O4/c21-12-13-5-7-14(8-6-13)20(22)23-15-9-10-19-17(11-15)16-3-1-2-4-18(16)24-19/h1-12H. The maximum absolute atomic E-state index is 12.2. The van der Waals surface area contributed by atoms with E-state index >= 15 is 0 Å². The zero-order chi connectivity index (χ0) is 16.5. The van der Waals surface area contributed by atoms with Crippen LogP contribution in [-0.2, 0) is 0 Å². The van der Waals surface area contributed by atoms with Gasteiger partial charge in [0.1, 0.15) is 23.2 Å². The lowest BCUT2D eigenvalue weighted by Crippen LogP contribution is -2.08. The first-order chi connectivity index (χ1) is 11.7. The number of para-hydroxylation sites is 1. The molecule has 4 heteroatoms. The number of aldehydes is 1. The average molecular weight is 316 g/mol. The average Bonchev–Trinajstić information content (AvgIpc) is 3.00. The fraction of sp³-hybridized carbons (Fsp3) is 0. The molecule has 0 amide bonds. The zero-order valence-electron chi connectivity index (χ0n) is 12.6. The van der Waals surface area contributed by atoms with Crippen molar-refractivity contribution in [2.45, 2.75) is 0 Å². The van der Waals surface area contributed by atoms with Gasteiger partial charge in [0.15, 0.2) is 0 Å². The second-order valence-corrected chi connectivity index (χ2v) is 5.39. The molecule has 0 N–H and O–H groups in total. The van der Waals surface area contributed by atoms with Crippen molar-refractivity contribution in [2.24, 2.45) is 0 Å². The Morgan fingerprint density at radius 3 is 2.42 bits per heavy atom. The van der Waals surface area contributed by atoms with Gasteiger partial charge in [0.05, 0.1) is 5.56 Å². The molecule has 0 bridgehead atoms.